The minimum Gasteiger partial charge on any atom is -0.289 e. The molecule has 96 valence electrons. The van der Waals surface area contributed by atoms with Gasteiger partial charge in [0.05, 0.1) is 5.02 Å². The van der Waals surface area contributed by atoms with Crippen LogP contribution in [0.5, 0.6) is 0 Å². The van der Waals surface area contributed by atoms with E-state index >= 15 is 0 Å². The maximum absolute atomic E-state index is 12.0. The van der Waals surface area contributed by atoms with Gasteiger partial charge in [-0.05, 0) is 42.0 Å². The Labute approximate surface area is 126 Å². The maximum atomic E-state index is 12.0. The summed E-state index contributed by atoms with van der Waals surface area (Å²) in [6.45, 7) is 0. The summed E-state index contributed by atoms with van der Waals surface area (Å²) in [4.78, 5) is 12.0. The zero-order chi connectivity index (χ0) is 13.8. The van der Waals surface area contributed by atoms with Crippen molar-refractivity contribution in [3.63, 3.8) is 0 Å². The lowest BCUT2D eigenvalue weighted by Crippen LogP contribution is -1.95. The van der Waals surface area contributed by atoms with Crippen molar-refractivity contribution in [3.8, 4) is 0 Å². The highest BCUT2D eigenvalue weighted by atomic mass is 35.5. The predicted octanol–water partition coefficient (Wildman–Crippen LogP) is 5.54. The summed E-state index contributed by atoms with van der Waals surface area (Å²) < 4.78 is 0. The summed E-state index contributed by atoms with van der Waals surface area (Å²) in [5.74, 6) is -0.192. The van der Waals surface area contributed by atoms with Crippen LogP contribution in [0, 0.1) is 0 Å². The fourth-order valence-electron chi connectivity index (χ4n) is 1.52. The number of carbonyl (C=O) groups is 1. The highest BCUT2D eigenvalue weighted by Gasteiger charge is 2.07. The molecule has 0 aliphatic rings. The molecule has 0 saturated carbocycles. The molecular formula is C15H9Cl3O. The second-order valence-corrected chi connectivity index (χ2v) is 5.15. The first-order valence-electron chi connectivity index (χ1n) is 5.49. The van der Waals surface area contributed by atoms with Crippen molar-refractivity contribution >= 4 is 46.7 Å². The quantitative estimate of drug-likeness (QED) is 0.537. The predicted molar refractivity (Wildman–Crippen MR) is 81.3 cm³/mol. The second-order valence-electron chi connectivity index (χ2n) is 3.87. The van der Waals surface area contributed by atoms with Crippen LogP contribution in [0.1, 0.15) is 15.9 Å². The average molecular weight is 312 g/mol. The Bertz CT molecular complexity index is 630. The van der Waals surface area contributed by atoms with E-state index in [1.165, 1.54) is 6.08 Å². The maximum Gasteiger partial charge on any atom is 0.187 e. The third-order valence-corrected chi connectivity index (χ3v) is 3.31. The largest absolute Gasteiger partial charge is 0.289 e. The van der Waals surface area contributed by atoms with Gasteiger partial charge in [0.1, 0.15) is 0 Å². The number of rotatable bonds is 3. The zero-order valence-electron chi connectivity index (χ0n) is 9.74. The lowest BCUT2D eigenvalue weighted by atomic mass is 10.1. The molecule has 0 fully saturated rings. The highest BCUT2D eigenvalue weighted by molar-refractivity contribution is 6.36. The van der Waals surface area contributed by atoms with Gasteiger partial charge in [0.25, 0.3) is 0 Å². The Morgan fingerprint density at radius 1 is 0.895 bits per heavy atom. The van der Waals surface area contributed by atoms with Crippen molar-refractivity contribution in [1.29, 1.82) is 0 Å². The fourth-order valence-corrected chi connectivity index (χ4v) is 2.03. The van der Waals surface area contributed by atoms with Gasteiger partial charge < -0.3 is 0 Å². The van der Waals surface area contributed by atoms with Crippen LogP contribution in [0.25, 0.3) is 6.08 Å². The zero-order valence-corrected chi connectivity index (χ0v) is 12.0. The van der Waals surface area contributed by atoms with Crippen molar-refractivity contribution in [2.75, 3.05) is 0 Å². The van der Waals surface area contributed by atoms with Crippen LogP contribution in [-0.2, 0) is 0 Å². The first kappa shape index (κ1) is 14.1. The molecule has 19 heavy (non-hydrogen) atoms. The first-order chi connectivity index (χ1) is 9.06. The molecule has 0 aliphatic carbocycles. The standard InChI is InChI=1S/C15H9Cl3O/c16-11-4-1-10(2-5-11)3-8-15(19)13-9-12(17)6-7-14(13)18/h1-9H/b8-3+. The number of hydrogen-bond acceptors (Lipinski definition) is 1. The molecule has 0 atom stereocenters. The van der Waals surface area contributed by atoms with Crippen LogP contribution in [0.3, 0.4) is 0 Å². The van der Waals surface area contributed by atoms with Crippen LogP contribution in [-0.4, -0.2) is 5.78 Å². The van der Waals surface area contributed by atoms with Crippen LogP contribution in [0.15, 0.2) is 48.5 Å². The van der Waals surface area contributed by atoms with E-state index in [1.807, 2.05) is 12.1 Å². The van der Waals surface area contributed by atoms with Gasteiger partial charge in [-0.3, -0.25) is 4.79 Å². The van der Waals surface area contributed by atoms with Crippen LogP contribution in [0.2, 0.25) is 15.1 Å². The molecule has 0 bridgehead atoms. The van der Waals surface area contributed by atoms with E-state index in [-0.39, 0.29) is 5.78 Å². The second kappa shape index (κ2) is 6.25. The minimum atomic E-state index is -0.192. The van der Waals surface area contributed by atoms with Gasteiger partial charge in [-0.15, -0.1) is 0 Å². The molecule has 0 radical (unpaired) electrons. The Morgan fingerprint density at radius 2 is 1.53 bits per heavy atom. The van der Waals surface area contributed by atoms with Gasteiger partial charge >= 0.3 is 0 Å². The Morgan fingerprint density at radius 3 is 2.21 bits per heavy atom. The highest BCUT2D eigenvalue weighted by Crippen LogP contribution is 2.21. The Balaban J connectivity index is 2.21. The molecule has 0 aromatic heterocycles. The molecule has 0 amide bonds. The summed E-state index contributed by atoms with van der Waals surface area (Å²) in [6, 6.07) is 12.0. The van der Waals surface area contributed by atoms with Gasteiger partial charge in [-0.2, -0.15) is 0 Å². The first-order valence-corrected chi connectivity index (χ1v) is 6.63. The smallest absolute Gasteiger partial charge is 0.187 e. The lowest BCUT2D eigenvalue weighted by molar-refractivity contribution is 0.104. The molecule has 1 nitrogen and oxygen atoms in total. The molecule has 0 N–H and O–H groups in total. The van der Waals surface area contributed by atoms with Gasteiger partial charge in [-0.25, -0.2) is 0 Å². The molecule has 4 heteroatoms. The van der Waals surface area contributed by atoms with Crippen molar-refractivity contribution in [2.24, 2.45) is 0 Å². The molecule has 0 heterocycles. The molecular weight excluding hydrogens is 303 g/mol. The number of carbonyl (C=O) groups excluding carboxylic acids is 1. The van der Waals surface area contributed by atoms with E-state index in [4.69, 9.17) is 34.8 Å². The number of hydrogen-bond donors (Lipinski definition) is 0. The topological polar surface area (TPSA) is 17.1 Å². The molecule has 0 unspecified atom stereocenters. The van der Waals surface area contributed by atoms with Crippen LogP contribution in [0.4, 0.5) is 0 Å². The Kier molecular flexibility index (Phi) is 4.65. The average Bonchev–Trinajstić information content (AvgIpc) is 2.40. The van der Waals surface area contributed by atoms with E-state index in [0.717, 1.165) is 5.56 Å². The number of allylic oxidation sites excluding steroid dienone is 1. The summed E-state index contributed by atoms with van der Waals surface area (Å²) in [5.41, 5.74) is 1.27. The molecule has 0 spiro atoms. The lowest BCUT2D eigenvalue weighted by Gasteiger charge is -2.00. The van der Waals surface area contributed by atoms with Crippen LogP contribution < -0.4 is 0 Å². The number of ketones is 1. The number of halogens is 3. The molecule has 2 aromatic rings. The van der Waals surface area contributed by atoms with Gasteiger partial charge in [0.15, 0.2) is 5.78 Å². The van der Waals surface area contributed by atoms with E-state index < -0.39 is 0 Å². The van der Waals surface area contributed by atoms with Crippen molar-refractivity contribution < 1.29 is 4.79 Å². The van der Waals surface area contributed by atoms with E-state index in [1.54, 1.807) is 36.4 Å². The van der Waals surface area contributed by atoms with Crippen LogP contribution >= 0.6 is 34.8 Å². The SMILES string of the molecule is O=C(/C=C/c1ccc(Cl)cc1)c1cc(Cl)ccc1Cl. The minimum absolute atomic E-state index is 0.192. The van der Waals surface area contributed by atoms with E-state index in [2.05, 4.69) is 0 Å². The van der Waals surface area contributed by atoms with Crippen molar-refractivity contribution in [1.82, 2.24) is 0 Å². The van der Waals surface area contributed by atoms with Gasteiger partial charge in [-0.1, -0.05) is 53.0 Å². The molecule has 0 aliphatic heterocycles. The summed E-state index contributed by atoms with van der Waals surface area (Å²) in [7, 11) is 0. The number of benzene rings is 2. The molecule has 0 saturated heterocycles. The fraction of sp³-hybridized carbons (Fsp3) is 0. The third-order valence-electron chi connectivity index (χ3n) is 2.49. The van der Waals surface area contributed by atoms with Gasteiger partial charge in [0.2, 0.25) is 0 Å². The summed E-state index contributed by atoms with van der Waals surface area (Å²) >= 11 is 17.6. The summed E-state index contributed by atoms with van der Waals surface area (Å²) in [5, 5.41) is 1.52. The molecule has 2 rings (SSSR count). The Hall–Kier alpha value is -1.28. The summed E-state index contributed by atoms with van der Waals surface area (Å²) in [6.07, 6.45) is 3.16. The van der Waals surface area contributed by atoms with E-state index in [9.17, 15) is 4.79 Å². The van der Waals surface area contributed by atoms with E-state index in [0.29, 0.717) is 20.6 Å². The molecule has 2 aromatic carbocycles. The van der Waals surface area contributed by atoms with Crippen molar-refractivity contribution in [2.45, 2.75) is 0 Å². The van der Waals surface area contributed by atoms with Gasteiger partial charge in [0, 0.05) is 15.6 Å². The van der Waals surface area contributed by atoms with Crippen molar-refractivity contribution in [3.05, 3.63) is 74.7 Å². The normalized spacial score (nSPS) is 10.9. The third kappa shape index (κ3) is 3.84. The monoisotopic (exact) mass is 310 g/mol.